The summed E-state index contributed by atoms with van der Waals surface area (Å²) in [5.41, 5.74) is 6.25. The number of aliphatic hydroxyl groups excluding tert-OH is 1. The Hall–Kier alpha value is -1.05. The van der Waals surface area contributed by atoms with Crippen LogP contribution in [0.25, 0.3) is 0 Å². The van der Waals surface area contributed by atoms with Gasteiger partial charge in [-0.2, -0.15) is 17.6 Å². The molecular formula is C12H16ClF4NO2. The van der Waals surface area contributed by atoms with Crippen LogP contribution < -0.4 is 10.5 Å². The second kappa shape index (κ2) is 8.28. The Morgan fingerprint density at radius 3 is 2.50 bits per heavy atom. The van der Waals surface area contributed by atoms with Crippen LogP contribution in [-0.2, 0) is 0 Å². The van der Waals surface area contributed by atoms with E-state index < -0.39 is 18.6 Å². The zero-order valence-corrected chi connectivity index (χ0v) is 11.3. The lowest BCUT2D eigenvalue weighted by Crippen LogP contribution is -2.33. The van der Waals surface area contributed by atoms with Gasteiger partial charge in [0.25, 0.3) is 0 Å². The predicted octanol–water partition coefficient (Wildman–Crippen LogP) is 3.12. The number of hydrogen-bond donors (Lipinski definition) is 2. The Morgan fingerprint density at radius 1 is 1.30 bits per heavy atom. The van der Waals surface area contributed by atoms with Gasteiger partial charge < -0.3 is 15.6 Å². The second-order valence-corrected chi connectivity index (χ2v) is 4.01. The molecule has 20 heavy (non-hydrogen) atoms. The Balaban J connectivity index is 0.00000361. The zero-order chi connectivity index (χ0) is 14.5. The van der Waals surface area contributed by atoms with Crippen LogP contribution in [0.15, 0.2) is 24.3 Å². The summed E-state index contributed by atoms with van der Waals surface area (Å²) in [7, 11) is 0. The van der Waals surface area contributed by atoms with Gasteiger partial charge in [-0.3, -0.25) is 0 Å². The smallest absolute Gasteiger partial charge is 0.428 e. The highest BCUT2D eigenvalue weighted by Gasteiger charge is 2.43. The maximum absolute atomic E-state index is 12.7. The van der Waals surface area contributed by atoms with Crippen LogP contribution in [-0.4, -0.2) is 24.2 Å². The van der Waals surface area contributed by atoms with Crippen molar-refractivity contribution < 1.29 is 27.4 Å². The van der Waals surface area contributed by atoms with Crippen molar-refractivity contribution in [1.82, 2.24) is 0 Å². The van der Waals surface area contributed by atoms with Gasteiger partial charge in [0.05, 0.1) is 0 Å². The minimum atomic E-state index is -4.53. The molecular weight excluding hydrogens is 302 g/mol. The Morgan fingerprint density at radius 2 is 1.95 bits per heavy atom. The number of hydrogen-bond acceptors (Lipinski definition) is 3. The molecule has 0 bridgehead atoms. The van der Waals surface area contributed by atoms with Crippen LogP contribution in [0.3, 0.4) is 0 Å². The first-order valence-electron chi connectivity index (χ1n) is 5.68. The molecule has 0 aliphatic carbocycles. The third kappa shape index (κ3) is 5.52. The van der Waals surface area contributed by atoms with Crippen LogP contribution in [0.5, 0.6) is 5.75 Å². The third-order valence-electron chi connectivity index (χ3n) is 2.47. The average molecular weight is 318 g/mol. The molecule has 1 aromatic rings. The summed E-state index contributed by atoms with van der Waals surface area (Å²) < 4.78 is 53.4. The molecule has 1 atom stereocenters. The molecule has 0 saturated carbocycles. The van der Waals surface area contributed by atoms with Crippen LogP contribution >= 0.6 is 12.4 Å². The largest absolute Gasteiger partial charge is 0.461 e. The lowest BCUT2D eigenvalue weighted by molar-refractivity contribution is -0.253. The molecule has 0 aliphatic rings. The van der Waals surface area contributed by atoms with Gasteiger partial charge in [-0.1, -0.05) is 12.1 Å². The first kappa shape index (κ1) is 18.9. The zero-order valence-electron chi connectivity index (χ0n) is 10.4. The van der Waals surface area contributed by atoms with E-state index in [4.69, 9.17) is 10.8 Å². The highest BCUT2D eigenvalue weighted by molar-refractivity contribution is 5.85. The highest BCUT2D eigenvalue weighted by Crippen LogP contribution is 2.29. The molecule has 0 heterocycles. The summed E-state index contributed by atoms with van der Waals surface area (Å²) >= 11 is 0. The molecule has 0 unspecified atom stereocenters. The molecule has 3 N–H and O–H groups in total. The highest BCUT2D eigenvalue weighted by atomic mass is 35.5. The van der Waals surface area contributed by atoms with Crippen molar-refractivity contribution in [1.29, 1.82) is 0 Å². The Bertz CT molecular complexity index is 407. The topological polar surface area (TPSA) is 55.5 Å². The summed E-state index contributed by atoms with van der Waals surface area (Å²) in [5, 5.41) is 8.67. The van der Waals surface area contributed by atoms with Gasteiger partial charge in [0.2, 0.25) is 0 Å². The van der Waals surface area contributed by atoms with E-state index >= 15 is 0 Å². The summed E-state index contributed by atoms with van der Waals surface area (Å²) in [4.78, 5) is 0. The fourth-order valence-electron chi connectivity index (χ4n) is 1.49. The second-order valence-electron chi connectivity index (χ2n) is 4.01. The van der Waals surface area contributed by atoms with Gasteiger partial charge in [0.1, 0.15) is 5.75 Å². The molecule has 0 aromatic heterocycles. The molecule has 0 radical (unpaired) electrons. The van der Waals surface area contributed by atoms with E-state index in [0.29, 0.717) is 18.4 Å². The molecule has 8 heteroatoms. The number of benzene rings is 1. The van der Waals surface area contributed by atoms with Crippen molar-refractivity contribution >= 4 is 12.4 Å². The average Bonchev–Trinajstić information content (AvgIpc) is 2.35. The van der Waals surface area contributed by atoms with Gasteiger partial charge >= 0.3 is 12.5 Å². The number of nitrogens with two attached hydrogens (primary N) is 1. The lowest BCUT2D eigenvalue weighted by Gasteiger charge is -2.18. The summed E-state index contributed by atoms with van der Waals surface area (Å²) in [5.74, 6) is -0.373. The minimum Gasteiger partial charge on any atom is -0.428 e. The fraction of sp³-hybridized carbons (Fsp3) is 0.500. The molecule has 0 saturated heterocycles. The van der Waals surface area contributed by atoms with Crippen molar-refractivity contribution in [3.8, 4) is 5.75 Å². The quantitative estimate of drug-likeness (QED) is 0.760. The van der Waals surface area contributed by atoms with Gasteiger partial charge in [-0.05, 0) is 30.5 Å². The molecule has 0 fully saturated rings. The summed E-state index contributed by atoms with van der Waals surface area (Å²) in [6, 6.07) is 4.84. The molecule has 0 aliphatic heterocycles. The van der Waals surface area contributed by atoms with E-state index in [2.05, 4.69) is 4.74 Å². The number of halogens is 5. The normalized spacial score (nSPS) is 12.9. The number of rotatable bonds is 7. The van der Waals surface area contributed by atoms with Crippen LogP contribution in [0, 0.1) is 0 Å². The number of aliphatic hydroxyl groups is 1. The van der Waals surface area contributed by atoms with Gasteiger partial charge in [0, 0.05) is 12.6 Å². The van der Waals surface area contributed by atoms with E-state index in [-0.39, 0.29) is 24.8 Å². The van der Waals surface area contributed by atoms with Crippen molar-refractivity contribution in [2.24, 2.45) is 5.73 Å². The standard InChI is InChI=1S/C12H15F4NO2.ClH/c13-11(14)12(15,16)19-9-4-1-3-8(7-9)10(17)5-2-6-18;/h1,3-4,7,10-11,18H,2,5-6,17H2;1H/t10-;/m0./s1. The van der Waals surface area contributed by atoms with Gasteiger partial charge in [-0.25, -0.2) is 0 Å². The summed E-state index contributed by atoms with van der Waals surface area (Å²) in [6.45, 7) is -0.0344. The van der Waals surface area contributed by atoms with Crippen LogP contribution in [0.2, 0.25) is 0 Å². The third-order valence-corrected chi connectivity index (χ3v) is 2.47. The maximum atomic E-state index is 12.7. The van der Waals surface area contributed by atoms with E-state index in [9.17, 15) is 17.6 Å². The van der Waals surface area contributed by atoms with Crippen molar-refractivity contribution in [2.45, 2.75) is 31.4 Å². The molecule has 0 amide bonds. The van der Waals surface area contributed by atoms with Crippen LogP contribution in [0.4, 0.5) is 17.6 Å². The van der Waals surface area contributed by atoms with Gasteiger partial charge in [-0.15, -0.1) is 12.4 Å². The molecule has 1 rings (SSSR count). The maximum Gasteiger partial charge on any atom is 0.461 e. The summed E-state index contributed by atoms with van der Waals surface area (Å²) in [6.07, 6.45) is -7.53. The van der Waals surface area contributed by atoms with E-state index in [0.717, 1.165) is 6.07 Å². The predicted molar refractivity (Wildman–Crippen MR) is 68.5 cm³/mol. The fourth-order valence-corrected chi connectivity index (χ4v) is 1.49. The SMILES string of the molecule is Cl.N[C@@H](CCCO)c1cccc(OC(F)(F)C(F)F)c1. The molecule has 116 valence electrons. The number of alkyl halides is 4. The van der Waals surface area contributed by atoms with E-state index in [1.807, 2.05) is 0 Å². The van der Waals surface area contributed by atoms with Gasteiger partial charge in [0.15, 0.2) is 0 Å². The monoisotopic (exact) mass is 317 g/mol. The van der Waals surface area contributed by atoms with Crippen molar-refractivity contribution in [3.05, 3.63) is 29.8 Å². The van der Waals surface area contributed by atoms with E-state index in [1.54, 1.807) is 6.07 Å². The van der Waals surface area contributed by atoms with Crippen LogP contribution in [0.1, 0.15) is 24.4 Å². The Labute approximate surface area is 120 Å². The van der Waals surface area contributed by atoms with Crippen molar-refractivity contribution in [2.75, 3.05) is 6.61 Å². The van der Waals surface area contributed by atoms with Crippen molar-refractivity contribution in [3.63, 3.8) is 0 Å². The minimum absolute atomic E-state index is 0. The molecule has 1 aromatic carbocycles. The first-order valence-corrected chi connectivity index (χ1v) is 5.68. The first-order chi connectivity index (χ1) is 8.86. The molecule has 3 nitrogen and oxygen atoms in total. The molecule has 0 spiro atoms. The lowest BCUT2D eigenvalue weighted by atomic mass is 10.0. The number of ether oxygens (including phenoxy) is 1. The van der Waals surface area contributed by atoms with E-state index in [1.165, 1.54) is 12.1 Å². The Kier molecular flexibility index (Phi) is 7.85.